The highest BCUT2D eigenvalue weighted by Gasteiger charge is 2.17. The van der Waals surface area contributed by atoms with Crippen molar-refractivity contribution >= 4 is 51.8 Å². The van der Waals surface area contributed by atoms with Gasteiger partial charge >= 0.3 is 0 Å². The van der Waals surface area contributed by atoms with Gasteiger partial charge in [0, 0.05) is 34.2 Å². The number of rotatable bonds is 1. The Kier molecular flexibility index (Phi) is 5.92. The Morgan fingerprint density at radius 1 is 1.28 bits per heavy atom. The van der Waals surface area contributed by atoms with E-state index in [2.05, 4.69) is 43.3 Å². The molecule has 0 bridgehead atoms. The molecule has 3 rings (SSSR count). The van der Waals surface area contributed by atoms with Gasteiger partial charge in [0.15, 0.2) is 0 Å². The smallest absolute Gasteiger partial charge is 0.137 e. The van der Waals surface area contributed by atoms with Crippen LogP contribution >= 0.6 is 40.7 Å². The van der Waals surface area contributed by atoms with Crippen LogP contribution < -0.4 is 5.32 Å². The topological polar surface area (TPSA) is 40.7 Å². The van der Waals surface area contributed by atoms with Crippen LogP contribution in [0.1, 0.15) is 24.5 Å². The number of pyridine rings is 1. The first-order chi connectivity index (χ1) is 7.83. The third-order valence-electron chi connectivity index (χ3n) is 3.19. The van der Waals surface area contributed by atoms with E-state index < -0.39 is 0 Å². The maximum Gasteiger partial charge on any atom is 0.137 e. The fraction of sp³-hybridized carbons (Fsp3) is 0.417. The Hall–Kier alpha value is -0.290. The minimum atomic E-state index is 0. The van der Waals surface area contributed by atoms with Crippen molar-refractivity contribution in [2.24, 2.45) is 0 Å². The Labute approximate surface area is 127 Å². The summed E-state index contributed by atoms with van der Waals surface area (Å²) in [7, 11) is 0. The molecule has 2 aromatic rings. The highest BCUT2D eigenvalue weighted by Crippen LogP contribution is 2.26. The number of nitrogens with zero attached hydrogens (tertiary/aromatic N) is 1. The van der Waals surface area contributed by atoms with E-state index in [1.807, 2.05) is 6.20 Å². The fourth-order valence-corrected chi connectivity index (χ4v) is 2.70. The SMILES string of the molecule is Brc1cnc2[nH]c(C3CCCNC3)cc2c1.Cl.Cl. The minimum absolute atomic E-state index is 0. The molecule has 1 aliphatic heterocycles. The summed E-state index contributed by atoms with van der Waals surface area (Å²) in [5.74, 6) is 0.613. The summed E-state index contributed by atoms with van der Waals surface area (Å²) < 4.78 is 1.03. The minimum Gasteiger partial charge on any atom is -0.343 e. The molecule has 0 aliphatic carbocycles. The lowest BCUT2D eigenvalue weighted by Crippen LogP contribution is -2.28. The molecule has 1 fully saturated rings. The normalized spacial score (nSPS) is 19.1. The van der Waals surface area contributed by atoms with Crippen LogP contribution in [0.2, 0.25) is 0 Å². The molecule has 1 saturated heterocycles. The molecule has 1 unspecified atom stereocenters. The maximum absolute atomic E-state index is 4.37. The zero-order chi connectivity index (χ0) is 11.0. The van der Waals surface area contributed by atoms with E-state index in [1.165, 1.54) is 23.9 Å². The van der Waals surface area contributed by atoms with E-state index in [9.17, 15) is 0 Å². The molecule has 0 aromatic carbocycles. The summed E-state index contributed by atoms with van der Waals surface area (Å²) in [6, 6.07) is 4.34. The Balaban J connectivity index is 0.000000810. The number of fused-ring (bicyclic) bond motifs is 1. The molecular formula is C12H16BrCl2N3. The molecule has 2 N–H and O–H groups in total. The van der Waals surface area contributed by atoms with Crippen molar-refractivity contribution in [3.8, 4) is 0 Å². The van der Waals surface area contributed by atoms with E-state index in [0.717, 1.165) is 23.2 Å². The molecule has 3 heterocycles. The zero-order valence-electron chi connectivity index (χ0n) is 9.78. The third-order valence-corrected chi connectivity index (χ3v) is 3.63. The summed E-state index contributed by atoms with van der Waals surface area (Å²) in [4.78, 5) is 7.79. The standard InChI is InChI=1S/C12H14BrN3.2ClH/c13-10-4-9-5-11(16-12(9)15-7-10)8-2-1-3-14-6-8;;/h4-5,7-8,14H,1-3,6H2,(H,15,16);2*1H. The summed E-state index contributed by atoms with van der Waals surface area (Å²) in [6.07, 6.45) is 4.36. The van der Waals surface area contributed by atoms with E-state index in [1.54, 1.807) is 0 Å². The van der Waals surface area contributed by atoms with Gasteiger partial charge < -0.3 is 10.3 Å². The fourth-order valence-electron chi connectivity index (χ4n) is 2.35. The lowest BCUT2D eigenvalue weighted by atomic mass is 9.96. The van der Waals surface area contributed by atoms with Crippen molar-refractivity contribution in [1.29, 1.82) is 0 Å². The summed E-state index contributed by atoms with van der Waals surface area (Å²) >= 11 is 3.45. The first kappa shape index (κ1) is 15.8. The van der Waals surface area contributed by atoms with Gasteiger partial charge in [-0.15, -0.1) is 24.8 Å². The highest BCUT2D eigenvalue weighted by molar-refractivity contribution is 9.10. The molecule has 18 heavy (non-hydrogen) atoms. The number of aromatic amines is 1. The lowest BCUT2D eigenvalue weighted by molar-refractivity contribution is 0.456. The number of hydrogen-bond acceptors (Lipinski definition) is 2. The number of hydrogen-bond donors (Lipinski definition) is 2. The van der Waals surface area contributed by atoms with Crippen LogP contribution in [0.4, 0.5) is 0 Å². The summed E-state index contributed by atoms with van der Waals surface area (Å²) in [5, 5.41) is 4.63. The number of aromatic nitrogens is 2. The number of nitrogens with one attached hydrogen (secondary N) is 2. The molecule has 0 saturated carbocycles. The monoisotopic (exact) mass is 351 g/mol. The second kappa shape index (κ2) is 6.75. The summed E-state index contributed by atoms with van der Waals surface area (Å²) in [5.41, 5.74) is 2.30. The zero-order valence-corrected chi connectivity index (χ0v) is 13.0. The van der Waals surface area contributed by atoms with E-state index >= 15 is 0 Å². The average molecular weight is 353 g/mol. The molecule has 100 valence electrons. The largest absolute Gasteiger partial charge is 0.343 e. The second-order valence-electron chi connectivity index (χ2n) is 4.36. The van der Waals surface area contributed by atoms with Gasteiger partial charge in [-0.1, -0.05) is 0 Å². The number of halogens is 3. The van der Waals surface area contributed by atoms with Crippen molar-refractivity contribution in [2.45, 2.75) is 18.8 Å². The van der Waals surface area contributed by atoms with Crippen LogP contribution in [0, 0.1) is 0 Å². The quantitative estimate of drug-likeness (QED) is 0.822. The first-order valence-electron chi connectivity index (χ1n) is 5.68. The van der Waals surface area contributed by atoms with Gasteiger partial charge in [-0.25, -0.2) is 4.98 Å². The highest BCUT2D eigenvalue weighted by atomic mass is 79.9. The van der Waals surface area contributed by atoms with Gasteiger partial charge in [0.1, 0.15) is 5.65 Å². The Bertz CT molecular complexity index is 509. The van der Waals surface area contributed by atoms with Crippen LogP contribution in [-0.4, -0.2) is 23.1 Å². The second-order valence-corrected chi connectivity index (χ2v) is 5.28. The van der Waals surface area contributed by atoms with Gasteiger partial charge in [-0.05, 0) is 47.4 Å². The molecule has 0 spiro atoms. The summed E-state index contributed by atoms with van der Waals surface area (Å²) in [6.45, 7) is 2.23. The molecule has 3 nitrogen and oxygen atoms in total. The van der Waals surface area contributed by atoms with Crippen molar-refractivity contribution in [3.05, 3.63) is 28.5 Å². The first-order valence-corrected chi connectivity index (χ1v) is 6.47. The Morgan fingerprint density at radius 3 is 2.83 bits per heavy atom. The predicted octanol–water partition coefficient (Wildman–Crippen LogP) is 3.64. The predicted molar refractivity (Wildman–Crippen MR) is 83.1 cm³/mol. The van der Waals surface area contributed by atoms with Gasteiger partial charge in [0.2, 0.25) is 0 Å². The third kappa shape index (κ3) is 3.18. The number of H-pyrrole nitrogens is 1. The Morgan fingerprint density at radius 2 is 2.11 bits per heavy atom. The van der Waals surface area contributed by atoms with E-state index in [0.29, 0.717) is 5.92 Å². The molecule has 1 atom stereocenters. The van der Waals surface area contributed by atoms with Gasteiger partial charge in [0.05, 0.1) is 0 Å². The molecule has 0 amide bonds. The van der Waals surface area contributed by atoms with Crippen molar-refractivity contribution in [3.63, 3.8) is 0 Å². The average Bonchev–Trinajstić information content (AvgIpc) is 2.73. The van der Waals surface area contributed by atoms with Gasteiger partial charge in [-0.3, -0.25) is 0 Å². The van der Waals surface area contributed by atoms with Gasteiger partial charge in [0.25, 0.3) is 0 Å². The van der Waals surface area contributed by atoms with Crippen molar-refractivity contribution in [1.82, 2.24) is 15.3 Å². The molecule has 1 aliphatic rings. The van der Waals surface area contributed by atoms with Gasteiger partial charge in [-0.2, -0.15) is 0 Å². The van der Waals surface area contributed by atoms with E-state index in [4.69, 9.17) is 0 Å². The van der Waals surface area contributed by atoms with Crippen molar-refractivity contribution < 1.29 is 0 Å². The van der Waals surface area contributed by atoms with Crippen LogP contribution in [-0.2, 0) is 0 Å². The van der Waals surface area contributed by atoms with Crippen LogP contribution in [0.5, 0.6) is 0 Å². The molecule has 6 heteroatoms. The van der Waals surface area contributed by atoms with Crippen molar-refractivity contribution in [2.75, 3.05) is 13.1 Å². The number of piperidine rings is 1. The van der Waals surface area contributed by atoms with E-state index in [-0.39, 0.29) is 24.8 Å². The molecule has 0 radical (unpaired) electrons. The maximum atomic E-state index is 4.37. The van der Waals surface area contributed by atoms with Crippen LogP contribution in [0.25, 0.3) is 11.0 Å². The molecular weight excluding hydrogens is 337 g/mol. The van der Waals surface area contributed by atoms with Crippen LogP contribution in [0.15, 0.2) is 22.8 Å². The van der Waals surface area contributed by atoms with Crippen LogP contribution in [0.3, 0.4) is 0 Å². The molecule has 2 aromatic heterocycles. The lowest BCUT2D eigenvalue weighted by Gasteiger charge is -2.21.